The van der Waals surface area contributed by atoms with Crippen molar-refractivity contribution in [2.75, 3.05) is 0 Å². The summed E-state index contributed by atoms with van der Waals surface area (Å²) in [5, 5.41) is 9.26. The van der Waals surface area contributed by atoms with Crippen LogP contribution in [0.3, 0.4) is 0 Å². The molecule has 0 atom stereocenters. The number of aromatic amines is 1. The molecule has 0 radical (unpaired) electrons. The monoisotopic (exact) mass is 217 g/mol. The molecule has 1 aromatic rings. The normalized spacial score (nSPS) is 18.2. The standard InChI is InChI=1S/C13H19N3/c1-9(2)7-11-10(3)15-12(16-11)13(8-14)5-4-6-13/h9H,4-7H2,1-3H3,(H,15,16). The molecule has 16 heavy (non-hydrogen) atoms. The van der Waals surface area contributed by atoms with Crippen LogP contribution in [0.5, 0.6) is 0 Å². The first-order valence-electron chi connectivity index (χ1n) is 6.04. The zero-order valence-corrected chi connectivity index (χ0v) is 10.3. The third-order valence-electron chi connectivity index (χ3n) is 3.46. The Labute approximate surface area is 96.9 Å². The molecule has 0 amide bonds. The van der Waals surface area contributed by atoms with Gasteiger partial charge in [-0.1, -0.05) is 13.8 Å². The molecule has 1 N–H and O–H groups in total. The average molecular weight is 217 g/mol. The molecule has 1 aliphatic rings. The van der Waals surface area contributed by atoms with Crippen LogP contribution in [0.2, 0.25) is 0 Å². The highest BCUT2D eigenvalue weighted by molar-refractivity contribution is 5.28. The summed E-state index contributed by atoms with van der Waals surface area (Å²) in [6.07, 6.45) is 4.05. The van der Waals surface area contributed by atoms with Gasteiger partial charge in [0.05, 0.1) is 11.8 Å². The van der Waals surface area contributed by atoms with Crippen LogP contribution in [0.4, 0.5) is 0 Å². The van der Waals surface area contributed by atoms with E-state index >= 15 is 0 Å². The maximum atomic E-state index is 9.26. The highest BCUT2D eigenvalue weighted by atomic mass is 15.0. The number of rotatable bonds is 3. The van der Waals surface area contributed by atoms with E-state index in [1.54, 1.807) is 0 Å². The highest BCUT2D eigenvalue weighted by Gasteiger charge is 2.42. The van der Waals surface area contributed by atoms with E-state index in [0.717, 1.165) is 42.9 Å². The smallest absolute Gasteiger partial charge is 0.127 e. The molecule has 1 fully saturated rings. The number of imidazole rings is 1. The van der Waals surface area contributed by atoms with E-state index in [2.05, 4.69) is 36.8 Å². The van der Waals surface area contributed by atoms with Crippen LogP contribution in [0, 0.1) is 24.2 Å². The quantitative estimate of drug-likeness (QED) is 0.846. The van der Waals surface area contributed by atoms with Crippen LogP contribution in [0.15, 0.2) is 0 Å². The average Bonchev–Trinajstić information content (AvgIpc) is 2.46. The van der Waals surface area contributed by atoms with Crippen molar-refractivity contribution in [2.45, 2.75) is 51.9 Å². The zero-order valence-electron chi connectivity index (χ0n) is 10.3. The Bertz CT molecular complexity index is 419. The second-order valence-electron chi connectivity index (χ2n) is 5.30. The van der Waals surface area contributed by atoms with Crippen molar-refractivity contribution < 1.29 is 0 Å². The summed E-state index contributed by atoms with van der Waals surface area (Å²) in [6, 6.07) is 2.43. The molecule has 0 aromatic carbocycles. The van der Waals surface area contributed by atoms with Gasteiger partial charge >= 0.3 is 0 Å². The lowest BCUT2D eigenvalue weighted by atomic mass is 9.69. The van der Waals surface area contributed by atoms with Gasteiger partial charge in [-0.05, 0) is 38.5 Å². The Morgan fingerprint density at radius 2 is 2.19 bits per heavy atom. The maximum absolute atomic E-state index is 9.26. The van der Waals surface area contributed by atoms with Crippen molar-refractivity contribution in [1.82, 2.24) is 9.97 Å². The number of H-pyrrole nitrogens is 1. The molecule has 0 unspecified atom stereocenters. The molecule has 86 valence electrons. The summed E-state index contributed by atoms with van der Waals surface area (Å²) < 4.78 is 0. The second-order valence-corrected chi connectivity index (χ2v) is 5.30. The minimum atomic E-state index is -0.306. The van der Waals surface area contributed by atoms with Crippen LogP contribution in [-0.2, 0) is 11.8 Å². The van der Waals surface area contributed by atoms with E-state index in [1.165, 1.54) is 0 Å². The summed E-state index contributed by atoms with van der Waals surface area (Å²) in [7, 11) is 0. The molecule has 0 spiro atoms. The SMILES string of the molecule is Cc1[nH]c(C2(C#N)CCC2)nc1CC(C)C. The minimum Gasteiger partial charge on any atom is -0.345 e. The number of nitriles is 1. The summed E-state index contributed by atoms with van der Waals surface area (Å²) in [6.45, 7) is 6.44. The van der Waals surface area contributed by atoms with Crippen LogP contribution < -0.4 is 0 Å². The minimum absolute atomic E-state index is 0.306. The number of aryl methyl sites for hydroxylation is 1. The molecule has 1 heterocycles. The fourth-order valence-corrected chi connectivity index (χ4v) is 2.24. The Kier molecular flexibility index (Phi) is 2.75. The number of hydrogen-bond donors (Lipinski definition) is 1. The fraction of sp³-hybridized carbons (Fsp3) is 0.692. The van der Waals surface area contributed by atoms with E-state index < -0.39 is 0 Å². The molecule has 1 aromatic heterocycles. The number of nitrogens with one attached hydrogen (secondary N) is 1. The highest BCUT2D eigenvalue weighted by Crippen LogP contribution is 2.41. The molecular weight excluding hydrogens is 198 g/mol. The van der Waals surface area contributed by atoms with Gasteiger partial charge in [-0.25, -0.2) is 4.98 Å². The first kappa shape index (κ1) is 11.2. The Morgan fingerprint density at radius 1 is 1.50 bits per heavy atom. The first-order valence-corrected chi connectivity index (χ1v) is 6.04. The van der Waals surface area contributed by atoms with E-state index in [9.17, 15) is 5.26 Å². The fourth-order valence-electron chi connectivity index (χ4n) is 2.24. The van der Waals surface area contributed by atoms with E-state index in [-0.39, 0.29) is 5.41 Å². The summed E-state index contributed by atoms with van der Waals surface area (Å²) in [4.78, 5) is 7.95. The summed E-state index contributed by atoms with van der Waals surface area (Å²) in [5.41, 5.74) is 1.96. The van der Waals surface area contributed by atoms with E-state index in [0.29, 0.717) is 5.92 Å². The van der Waals surface area contributed by atoms with Crippen LogP contribution in [-0.4, -0.2) is 9.97 Å². The molecule has 1 saturated carbocycles. The van der Waals surface area contributed by atoms with Gasteiger partial charge in [0.25, 0.3) is 0 Å². The second kappa shape index (κ2) is 3.93. The molecule has 3 heteroatoms. The predicted molar refractivity (Wildman–Crippen MR) is 63.0 cm³/mol. The molecule has 1 aliphatic carbocycles. The van der Waals surface area contributed by atoms with Gasteiger partial charge < -0.3 is 4.98 Å². The number of nitrogens with zero attached hydrogens (tertiary/aromatic N) is 2. The molecular formula is C13H19N3. The summed E-state index contributed by atoms with van der Waals surface area (Å²) in [5.74, 6) is 1.50. The maximum Gasteiger partial charge on any atom is 0.127 e. The van der Waals surface area contributed by atoms with Gasteiger partial charge in [-0.3, -0.25) is 0 Å². The predicted octanol–water partition coefficient (Wildman–Crippen LogP) is 2.86. The number of aromatic nitrogens is 2. The Hall–Kier alpha value is -1.30. The Morgan fingerprint density at radius 3 is 2.62 bits per heavy atom. The van der Waals surface area contributed by atoms with Crippen LogP contribution in [0.25, 0.3) is 0 Å². The topological polar surface area (TPSA) is 52.5 Å². The van der Waals surface area contributed by atoms with E-state index in [1.807, 2.05) is 0 Å². The van der Waals surface area contributed by atoms with Gasteiger partial charge in [-0.15, -0.1) is 0 Å². The lowest BCUT2D eigenvalue weighted by Gasteiger charge is -2.32. The van der Waals surface area contributed by atoms with Gasteiger partial charge in [0, 0.05) is 5.69 Å². The van der Waals surface area contributed by atoms with Crippen molar-refractivity contribution in [3.05, 3.63) is 17.2 Å². The van der Waals surface area contributed by atoms with Crippen molar-refractivity contribution in [1.29, 1.82) is 5.26 Å². The van der Waals surface area contributed by atoms with Gasteiger partial charge in [0.15, 0.2) is 0 Å². The third-order valence-corrected chi connectivity index (χ3v) is 3.46. The third kappa shape index (κ3) is 1.73. The van der Waals surface area contributed by atoms with Crippen LogP contribution in [0.1, 0.15) is 50.3 Å². The molecule has 2 rings (SSSR count). The first-order chi connectivity index (χ1) is 7.57. The van der Waals surface area contributed by atoms with E-state index in [4.69, 9.17) is 0 Å². The van der Waals surface area contributed by atoms with Crippen molar-refractivity contribution >= 4 is 0 Å². The molecule has 0 saturated heterocycles. The van der Waals surface area contributed by atoms with Crippen molar-refractivity contribution in [3.63, 3.8) is 0 Å². The molecule has 0 aliphatic heterocycles. The Balaban J connectivity index is 2.27. The largest absolute Gasteiger partial charge is 0.345 e. The van der Waals surface area contributed by atoms with Crippen molar-refractivity contribution in [2.24, 2.45) is 5.92 Å². The van der Waals surface area contributed by atoms with Crippen LogP contribution >= 0.6 is 0 Å². The lowest BCUT2D eigenvalue weighted by molar-refractivity contribution is 0.308. The molecule has 0 bridgehead atoms. The number of hydrogen-bond acceptors (Lipinski definition) is 2. The molecule has 3 nitrogen and oxygen atoms in total. The van der Waals surface area contributed by atoms with Gasteiger partial charge in [-0.2, -0.15) is 5.26 Å². The van der Waals surface area contributed by atoms with Crippen molar-refractivity contribution in [3.8, 4) is 6.07 Å². The zero-order chi connectivity index (χ0) is 11.8. The van der Waals surface area contributed by atoms with Gasteiger partial charge in [0.1, 0.15) is 11.2 Å². The summed E-state index contributed by atoms with van der Waals surface area (Å²) >= 11 is 0. The lowest BCUT2D eigenvalue weighted by Crippen LogP contribution is -2.33. The van der Waals surface area contributed by atoms with Gasteiger partial charge in [0.2, 0.25) is 0 Å².